The second kappa shape index (κ2) is 6.08. The Balaban J connectivity index is 2.31. The first-order chi connectivity index (χ1) is 10.2. The minimum Gasteiger partial charge on any atom is -0.495 e. The zero-order valence-corrected chi connectivity index (χ0v) is 14.5. The number of carbonyl (C=O) groups excluding carboxylic acids is 1. The van der Waals surface area contributed by atoms with Gasteiger partial charge in [-0.05, 0) is 37.5 Å². The van der Waals surface area contributed by atoms with E-state index in [2.05, 4.69) is 4.72 Å². The highest BCUT2D eigenvalue weighted by molar-refractivity contribution is 7.90. The Morgan fingerprint density at radius 3 is 2.45 bits per heavy atom. The van der Waals surface area contributed by atoms with Crippen molar-refractivity contribution in [2.45, 2.75) is 44.4 Å². The molecule has 1 N–H and O–H groups in total. The van der Waals surface area contributed by atoms with Gasteiger partial charge >= 0.3 is 0 Å². The molecular weight excluding hydrogens is 326 g/mol. The Hall–Kier alpha value is -1.27. The second-order valence-corrected chi connectivity index (χ2v) is 8.01. The Kier molecular flexibility index (Phi) is 4.73. The first-order valence-corrected chi connectivity index (χ1v) is 8.97. The largest absolute Gasteiger partial charge is 0.495 e. The van der Waals surface area contributed by atoms with Gasteiger partial charge < -0.3 is 4.74 Å². The van der Waals surface area contributed by atoms with Crippen LogP contribution in [0.3, 0.4) is 0 Å². The number of rotatable bonds is 4. The van der Waals surface area contributed by atoms with E-state index < -0.39 is 21.3 Å². The molecule has 0 atom stereocenters. The van der Waals surface area contributed by atoms with Crippen molar-refractivity contribution in [1.29, 1.82) is 0 Å². The van der Waals surface area contributed by atoms with Crippen LogP contribution in [0.15, 0.2) is 17.0 Å². The maximum atomic E-state index is 12.5. The van der Waals surface area contributed by atoms with Crippen LogP contribution in [-0.2, 0) is 14.8 Å². The van der Waals surface area contributed by atoms with Crippen LogP contribution in [0.25, 0.3) is 0 Å². The average Bonchev–Trinajstić information content (AvgIpc) is 2.88. The minimum atomic E-state index is -3.95. The summed E-state index contributed by atoms with van der Waals surface area (Å²) in [6.45, 7) is 3.44. The summed E-state index contributed by atoms with van der Waals surface area (Å²) in [7, 11) is -2.50. The Morgan fingerprint density at radius 2 is 1.91 bits per heavy atom. The van der Waals surface area contributed by atoms with Crippen molar-refractivity contribution < 1.29 is 17.9 Å². The van der Waals surface area contributed by atoms with E-state index in [0.29, 0.717) is 24.2 Å². The van der Waals surface area contributed by atoms with Gasteiger partial charge in [-0.1, -0.05) is 31.4 Å². The number of benzene rings is 1. The summed E-state index contributed by atoms with van der Waals surface area (Å²) in [6.07, 6.45) is 3.29. The van der Waals surface area contributed by atoms with Crippen molar-refractivity contribution in [3.63, 3.8) is 0 Å². The molecule has 22 heavy (non-hydrogen) atoms. The number of carbonyl (C=O) groups is 1. The first kappa shape index (κ1) is 17.1. The third kappa shape index (κ3) is 3.22. The fraction of sp³-hybridized carbons (Fsp3) is 0.533. The Labute approximate surface area is 136 Å². The topological polar surface area (TPSA) is 72.5 Å². The van der Waals surface area contributed by atoms with E-state index in [9.17, 15) is 13.2 Å². The van der Waals surface area contributed by atoms with E-state index in [0.717, 1.165) is 12.8 Å². The number of nitrogens with one attached hydrogen (secondary N) is 1. The van der Waals surface area contributed by atoms with Crippen LogP contribution in [0.2, 0.25) is 5.02 Å². The molecule has 2 rings (SSSR count). The lowest BCUT2D eigenvalue weighted by Crippen LogP contribution is -2.40. The first-order valence-electron chi connectivity index (χ1n) is 7.11. The van der Waals surface area contributed by atoms with Crippen molar-refractivity contribution in [2.24, 2.45) is 5.41 Å². The van der Waals surface area contributed by atoms with Crippen molar-refractivity contribution in [1.82, 2.24) is 4.72 Å². The Bertz CT molecular complexity index is 694. The van der Waals surface area contributed by atoms with Gasteiger partial charge in [-0.15, -0.1) is 0 Å². The fourth-order valence-corrected chi connectivity index (χ4v) is 4.43. The molecule has 122 valence electrons. The molecule has 5 nitrogen and oxygen atoms in total. The lowest BCUT2D eigenvalue weighted by Gasteiger charge is -2.22. The number of aryl methyl sites for hydroxylation is 1. The highest BCUT2D eigenvalue weighted by atomic mass is 35.5. The molecule has 1 aromatic rings. The number of amides is 1. The summed E-state index contributed by atoms with van der Waals surface area (Å²) in [4.78, 5) is 12.3. The normalized spacial score (nSPS) is 17.3. The molecule has 0 aromatic heterocycles. The fourth-order valence-electron chi connectivity index (χ4n) is 2.77. The lowest BCUT2D eigenvalue weighted by molar-refractivity contribution is -0.127. The van der Waals surface area contributed by atoms with Crippen molar-refractivity contribution in [3.05, 3.63) is 22.7 Å². The number of halogens is 1. The van der Waals surface area contributed by atoms with E-state index in [1.165, 1.54) is 13.2 Å². The molecule has 0 spiro atoms. The third-order valence-corrected chi connectivity index (χ3v) is 5.99. The molecule has 1 saturated carbocycles. The van der Waals surface area contributed by atoms with Gasteiger partial charge in [0.05, 0.1) is 17.0 Å². The van der Waals surface area contributed by atoms with Crippen molar-refractivity contribution in [2.75, 3.05) is 7.11 Å². The predicted molar refractivity (Wildman–Crippen MR) is 84.6 cm³/mol. The van der Waals surface area contributed by atoms with Gasteiger partial charge in [-0.3, -0.25) is 4.79 Å². The van der Waals surface area contributed by atoms with Gasteiger partial charge in [-0.2, -0.15) is 0 Å². The summed E-state index contributed by atoms with van der Waals surface area (Å²) >= 11 is 6.00. The number of ether oxygens (including phenoxy) is 1. The molecule has 1 amide bonds. The van der Waals surface area contributed by atoms with Crippen LogP contribution >= 0.6 is 11.6 Å². The van der Waals surface area contributed by atoms with Crippen LogP contribution < -0.4 is 9.46 Å². The zero-order chi connectivity index (χ0) is 16.5. The van der Waals surface area contributed by atoms with E-state index in [1.807, 2.05) is 0 Å². The molecule has 1 aromatic carbocycles. The van der Waals surface area contributed by atoms with E-state index in [4.69, 9.17) is 16.3 Å². The highest BCUT2D eigenvalue weighted by Crippen LogP contribution is 2.38. The van der Waals surface area contributed by atoms with Gasteiger partial charge in [0.25, 0.3) is 10.0 Å². The number of methoxy groups -OCH3 is 1. The minimum absolute atomic E-state index is 0.00625. The summed E-state index contributed by atoms with van der Waals surface area (Å²) < 4.78 is 32.2. The number of hydrogen-bond donors (Lipinski definition) is 1. The van der Waals surface area contributed by atoms with E-state index in [-0.39, 0.29) is 9.92 Å². The quantitative estimate of drug-likeness (QED) is 0.910. The molecule has 0 aliphatic heterocycles. The molecule has 0 bridgehead atoms. The van der Waals surface area contributed by atoms with E-state index >= 15 is 0 Å². The van der Waals surface area contributed by atoms with Crippen LogP contribution in [-0.4, -0.2) is 21.4 Å². The van der Waals surface area contributed by atoms with Gasteiger partial charge in [0.15, 0.2) is 0 Å². The Morgan fingerprint density at radius 1 is 1.32 bits per heavy atom. The lowest BCUT2D eigenvalue weighted by atomic mass is 9.88. The molecule has 7 heteroatoms. The maximum Gasteiger partial charge on any atom is 0.264 e. The van der Waals surface area contributed by atoms with Crippen LogP contribution in [0.4, 0.5) is 0 Å². The molecule has 0 radical (unpaired) electrons. The monoisotopic (exact) mass is 345 g/mol. The predicted octanol–water partition coefficient (Wildman–Crippen LogP) is 3.04. The number of sulfonamides is 1. The molecule has 1 aliphatic carbocycles. The molecule has 1 fully saturated rings. The molecule has 0 unspecified atom stereocenters. The summed E-state index contributed by atoms with van der Waals surface area (Å²) in [5, 5.41) is 0.188. The van der Waals surface area contributed by atoms with Gasteiger partial charge in [0.2, 0.25) is 5.91 Å². The standard InChI is InChI=1S/C15H20ClNO4S/c1-10-8-12(21-3)11(16)9-13(10)22(19,20)17-14(18)15(2)6-4-5-7-15/h8-9H,4-7H2,1-3H3,(H,17,18). The SMILES string of the molecule is COc1cc(C)c(S(=O)(=O)NC(=O)C2(C)CCCC2)cc1Cl. The van der Waals surface area contributed by atoms with Crippen LogP contribution in [0.1, 0.15) is 38.2 Å². The summed E-state index contributed by atoms with van der Waals surface area (Å²) in [5.41, 5.74) is -0.143. The maximum absolute atomic E-state index is 12.5. The summed E-state index contributed by atoms with van der Waals surface area (Å²) in [6, 6.07) is 2.85. The highest BCUT2D eigenvalue weighted by Gasteiger charge is 2.38. The molecule has 0 saturated heterocycles. The van der Waals surface area contributed by atoms with Crippen LogP contribution in [0, 0.1) is 12.3 Å². The molecule has 0 heterocycles. The number of hydrogen-bond acceptors (Lipinski definition) is 4. The molecular formula is C15H20ClNO4S. The van der Waals surface area contributed by atoms with Crippen molar-refractivity contribution in [3.8, 4) is 5.75 Å². The van der Waals surface area contributed by atoms with Gasteiger partial charge in [0.1, 0.15) is 5.75 Å². The average molecular weight is 346 g/mol. The van der Waals surface area contributed by atoms with Crippen LogP contribution in [0.5, 0.6) is 5.75 Å². The zero-order valence-electron chi connectivity index (χ0n) is 12.9. The summed E-state index contributed by atoms with van der Waals surface area (Å²) in [5.74, 6) is -0.0523. The van der Waals surface area contributed by atoms with Gasteiger partial charge in [0, 0.05) is 5.41 Å². The van der Waals surface area contributed by atoms with Gasteiger partial charge in [-0.25, -0.2) is 13.1 Å². The van der Waals surface area contributed by atoms with E-state index in [1.54, 1.807) is 19.9 Å². The molecule has 1 aliphatic rings. The second-order valence-electron chi connectivity index (χ2n) is 5.95. The smallest absolute Gasteiger partial charge is 0.264 e. The van der Waals surface area contributed by atoms with Crippen molar-refractivity contribution >= 4 is 27.5 Å². The third-order valence-electron chi connectivity index (χ3n) is 4.22.